The van der Waals surface area contributed by atoms with Gasteiger partial charge in [-0.2, -0.15) is 5.10 Å². The number of hydrogen-bond acceptors (Lipinski definition) is 6. The molecular formula is C19H19N7O. The van der Waals surface area contributed by atoms with Crippen molar-refractivity contribution in [3.8, 4) is 0 Å². The highest BCUT2D eigenvalue weighted by Crippen LogP contribution is 2.45. The molecule has 136 valence electrons. The number of piperidine rings is 1. The molecule has 2 unspecified atom stereocenters. The predicted octanol–water partition coefficient (Wildman–Crippen LogP) is 2.98. The number of nitrogens with one attached hydrogen (secondary N) is 2. The molecule has 2 aromatic heterocycles. The molecule has 8 nitrogen and oxygen atoms in total. The number of benzene rings is 1. The van der Waals surface area contributed by atoms with Crippen LogP contribution in [0.2, 0.25) is 0 Å². The highest BCUT2D eigenvalue weighted by molar-refractivity contribution is 5.80. The van der Waals surface area contributed by atoms with Gasteiger partial charge in [-0.3, -0.25) is 5.10 Å². The lowest BCUT2D eigenvalue weighted by atomic mass is 9.82. The fourth-order valence-corrected chi connectivity index (χ4v) is 4.33. The predicted molar refractivity (Wildman–Crippen MR) is 99.7 cm³/mol. The summed E-state index contributed by atoms with van der Waals surface area (Å²) in [7, 11) is 2.13. The molecule has 2 aliphatic heterocycles. The van der Waals surface area contributed by atoms with Crippen molar-refractivity contribution < 1.29 is 4.63 Å². The van der Waals surface area contributed by atoms with Crippen LogP contribution in [0.3, 0.4) is 0 Å². The van der Waals surface area contributed by atoms with Crippen LogP contribution in [0.5, 0.6) is 0 Å². The minimum atomic E-state index is -0.240. The number of allylic oxidation sites excluding steroid dienone is 1. The molecule has 1 saturated heterocycles. The van der Waals surface area contributed by atoms with E-state index < -0.39 is 0 Å². The van der Waals surface area contributed by atoms with Gasteiger partial charge in [-0.05, 0) is 48.4 Å². The van der Waals surface area contributed by atoms with Crippen LogP contribution >= 0.6 is 0 Å². The molecule has 0 bridgehead atoms. The van der Waals surface area contributed by atoms with Gasteiger partial charge in [0.15, 0.2) is 5.70 Å². The maximum absolute atomic E-state index is 7.97. The molecule has 0 spiro atoms. The van der Waals surface area contributed by atoms with Crippen molar-refractivity contribution >= 4 is 16.9 Å². The number of aromatic nitrogens is 4. The first-order chi connectivity index (χ1) is 13.3. The van der Waals surface area contributed by atoms with Gasteiger partial charge >= 0.3 is 0 Å². The topological polar surface area (TPSA) is 87.2 Å². The number of H-pyrrole nitrogens is 1. The number of rotatable bonds is 2. The summed E-state index contributed by atoms with van der Waals surface area (Å²) in [6, 6.07) is 5.79. The van der Waals surface area contributed by atoms with Gasteiger partial charge < -0.3 is 10.2 Å². The van der Waals surface area contributed by atoms with E-state index in [1.54, 1.807) is 6.20 Å². The molecule has 8 heteroatoms. The van der Waals surface area contributed by atoms with Crippen molar-refractivity contribution in [3.05, 3.63) is 58.3 Å². The zero-order valence-electron chi connectivity index (χ0n) is 14.9. The number of aromatic amines is 1. The van der Waals surface area contributed by atoms with E-state index in [0.29, 0.717) is 22.6 Å². The molecule has 0 aliphatic carbocycles. The molecule has 0 saturated carbocycles. The lowest BCUT2D eigenvalue weighted by Gasteiger charge is -2.35. The van der Waals surface area contributed by atoms with Crippen LogP contribution in [0.25, 0.3) is 15.9 Å². The Balaban J connectivity index is 1.70. The van der Waals surface area contributed by atoms with Gasteiger partial charge in [-0.1, -0.05) is 12.1 Å². The minimum Gasteiger partial charge on any atom is -0.354 e. The zero-order valence-corrected chi connectivity index (χ0v) is 14.9. The van der Waals surface area contributed by atoms with Crippen LogP contribution in [-0.4, -0.2) is 45.5 Å². The molecule has 4 heterocycles. The first-order valence-electron chi connectivity index (χ1n) is 9.07. The highest BCUT2D eigenvalue weighted by Gasteiger charge is 2.36. The molecule has 0 amide bonds. The lowest BCUT2D eigenvalue weighted by molar-refractivity contribution is 0.230. The largest absolute Gasteiger partial charge is 0.354 e. The van der Waals surface area contributed by atoms with E-state index in [2.05, 4.69) is 42.6 Å². The Kier molecular flexibility index (Phi) is 3.69. The first-order valence-corrected chi connectivity index (χ1v) is 9.07. The third kappa shape index (κ3) is 2.51. The second kappa shape index (κ2) is 6.21. The summed E-state index contributed by atoms with van der Waals surface area (Å²) in [6.07, 6.45) is 3.98. The normalized spacial score (nSPS) is 23.1. The SMILES string of the molecule is [C-]#[N+]C1=C(C2CCCN(C)C2)Nc2[nH]ncc2C1c1cccc2nonc12. The number of hydrogen-bond donors (Lipinski definition) is 2. The van der Waals surface area contributed by atoms with E-state index in [1.165, 1.54) is 0 Å². The molecule has 2 aliphatic rings. The first kappa shape index (κ1) is 16.0. The smallest absolute Gasteiger partial charge is 0.196 e. The standard InChI is InChI=1S/C19H19N7O/c1-20-18-15(12-6-3-7-14-17(12)25-27-24-14)13-9-21-23-19(13)22-16(18)11-5-4-8-26(2)10-11/h3,6-7,9,11,15H,4-5,8,10H2,2H3,(H2,21,22,23). The maximum atomic E-state index is 7.97. The van der Waals surface area contributed by atoms with Crippen molar-refractivity contribution in [1.82, 2.24) is 25.4 Å². The van der Waals surface area contributed by atoms with Gasteiger partial charge in [0, 0.05) is 23.7 Å². The summed E-state index contributed by atoms with van der Waals surface area (Å²) in [4.78, 5) is 6.31. The van der Waals surface area contributed by atoms with Crippen LogP contribution < -0.4 is 5.32 Å². The Labute approximate surface area is 156 Å². The van der Waals surface area contributed by atoms with Gasteiger partial charge in [0.25, 0.3) is 0 Å². The number of likely N-dealkylation sites (tertiary alicyclic amines) is 1. The number of fused-ring (bicyclic) bond motifs is 2. The van der Waals surface area contributed by atoms with Crippen LogP contribution in [0.4, 0.5) is 5.82 Å². The second-order valence-electron chi connectivity index (χ2n) is 7.25. The van der Waals surface area contributed by atoms with Crippen molar-refractivity contribution in [1.29, 1.82) is 0 Å². The molecule has 2 atom stereocenters. The monoisotopic (exact) mass is 361 g/mol. The van der Waals surface area contributed by atoms with Crippen molar-refractivity contribution in [2.24, 2.45) is 5.92 Å². The van der Waals surface area contributed by atoms with E-state index in [9.17, 15) is 0 Å². The molecule has 1 fully saturated rings. The molecular weight excluding hydrogens is 342 g/mol. The van der Waals surface area contributed by atoms with Crippen LogP contribution in [0.1, 0.15) is 29.9 Å². The second-order valence-corrected chi connectivity index (χ2v) is 7.25. The van der Waals surface area contributed by atoms with Crippen molar-refractivity contribution in [2.45, 2.75) is 18.8 Å². The summed E-state index contributed by atoms with van der Waals surface area (Å²) in [5, 5.41) is 18.8. The van der Waals surface area contributed by atoms with E-state index in [0.717, 1.165) is 48.6 Å². The summed E-state index contributed by atoms with van der Waals surface area (Å²) in [5.74, 6) is 0.904. The molecule has 1 aromatic carbocycles. The third-order valence-electron chi connectivity index (χ3n) is 5.57. The highest BCUT2D eigenvalue weighted by atomic mass is 16.6. The van der Waals surface area contributed by atoms with Crippen LogP contribution in [-0.2, 0) is 0 Å². The van der Waals surface area contributed by atoms with Crippen LogP contribution in [0, 0.1) is 12.5 Å². The van der Waals surface area contributed by atoms with Gasteiger partial charge in [-0.15, -0.1) is 0 Å². The van der Waals surface area contributed by atoms with E-state index in [-0.39, 0.29) is 5.92 Å². The Morgan fingerprint density at radius 3 is 3.07 bits per heavy atom. The van der Waals surface area contributed by atoms with Gasteiger partial charge in [0.1, 0.15) is 16.9 Å². The Morgan fingerprint density at radius 1 is 1.30 bits per heavy atom. The Morgan fingerprint density at radius 2 is 2.22 bits per heavy atom. The summed E-state index contributed by atoms with van der Waals surface area (Å²) < 4.78 is 4.95. The van der Waals surface area contributed by atoms with Crippen molar-refractivity contribution in [3.63, 3.8) is 0 Å². The number of nitrogens with zero attached hydrogens (tertiary/aromatic N) is 5. The summed E-state index contributed by atoms with van der Waals surface area (Å²) in [6.45, 7) is 10.00. The third-order valence-corrected chi connectivity index (χ3v) is 5.57. The molecule has 0 radical (unpaired) electrons. The maximum Gasteiger partial charge on any atom is 0.196 e. The zero-order chi connectivity index (χ0) is 18.4. The van der Waals surface area contributed by atoms with Gasteiger partial charge in [0.05, 0.1) is 18.7 Å². The molecule has 3 aromatic rings. The minimum absolute atomic E-state index is 0.240. The molecule has 5 rings (SSSR count). The Hall–Kier alpha value is -3.18. The fourth-order valence-electron chi connectivity index (χ4n) is 4.33. The van der Waals surface area contributed by atoms with E-state index in [1.807, 2.05) is 18.2 Å². The Bertz CT molecular complexity index is 1070. The van der Waals surface area contributed by atoms with Gasteiger partial charge in [-0.25, -0.2) is 9.47 Å². The molecule has 2 N–H and O–H groups in total. The summed E-state index contributed by atoms with van der Waals surface area (Å²) >= 11 is 0. The lowest BCUT2D eigenvalue weighted by Crippen LogP contribution is -2.36. The van der Waals surface area contributed by atoms with E-state index in [4.69, 9.17) is 11.2 Å². The van der Waals surface area contributed by atoms with Crippen LogP contribution in [0.15, 0.2) is 40.4 Å². The average molecular weight is 361 g/mol. The fraction of sp³-hybridized carbons (Fsp3) is 0.368. The van der Waals surface area contributed by atoms with E-state index >= 15 is 0 Å². The summed E-state index contributed by atoms with van der Waals surface area (Å²) in [5.41, 5.74) is 4.96. The van der Waals surface area contributed by atoms with Crippen molar-refractivity contribution in [2.75, 3.05) is 25.5 Å². The number of anilines is 1. The average Bonchev–Trinajstić information content (AvgIpc) is 3.35. The van der Waals surface area contributed by atoms with Gasteiger partial charge in [0.2, 0.25) is 0 Å². The molecule has 27 heavy (non-hydrogen) atoms. The quantitative estimate of drug-likeness (QED) is 0.683.